The standard InChI is InChI=1S/C25H23FN2/c1-17(2)22-13-14-24(23-10-5-4-8-20(23)16-27)28-25(22)18(3)11-12-19-7-6-9-21(26)15-19/h4-10,13-15,18H,1,11-12H2,2-3H3. The average Bonchev–Trinajstić information content (AvgIpc) is 2.71. The predicted octanol–water partition coefficient (Wildman–Crippen LogP) is 6.53. The molecule has 0 aliphatic carbocycles. The Bertz CT molecular complexity index is 1050. The molecule has 0 N–H and O–H groups in total. The highest BCUT2D eigenvalue weighted by atomic mass is 19.1. The molecule has 1 heterocycles. The Kier molecular flexibility index (Phi) is 6.01. The maximum absolute atomic E-state index is 13.4. The van der Waals surface area contributed by atoms with Gasteiger partial charge in [0.05, 0.1) is 23.0 Å². The van der Waals surface area contributed by atoms with Crippen LogP contribution in [-0.2, 0) is 6.42 Å². The zero-order chi connectivity index (χ0) is 20.1. The highest BCUT2D eigenvalue weighted by molar-refractivity contribution is 5.71. The number of aromatic nitrogens is 1. The first-order valence-corrected chi connectivity index (χ1v) is 9.40. The third kappa shape index (κ3) is 4.35. The van der Waals surface area contributed by atoms with E-state index in [1.807, 2.05) is 43.3 Å². The van der Waals surface area contributed by atoms with Crippen LogP contribution in [0.3, 0.4) is 0 Å². The van der Waals surface area contributed by atoms with E-state index in [0.29, 0.717) is 5.56 Å². The molecule has 2 aromatic carbocycles. The Hall–Kier alpha value is -3.25. The summed E-state index contributed by atoms with van der Waals surface area (Å²) in [4.78, 5) is 4.92. The van der Waals surface area contributed by atoms with Crippen LogP contribution in [-0.4, -0.2) is 4.98 Å². The lowest BCUT2D eigenvalue weighted by Gasteiger charge is -2.17. The van der Waals surface area contributed by atoms with Crippen molar-refractivity contribution < 1.29 is 4.39 Å². The van der Waals surface area contributed by atoms with Gasteiger partial charge in [-0.1, -0.05) is 49.9 Å². The second-order valence-electron chi connectivity index (χ2n) is 7.14. The summed E-state index contributed by atoms with van der Waals surface area (Å²) in [6.07, 6.45) is 1.62. The molecule has 0 bridgehead atoms. The van der Waals surface area contributed by atoms with E-state index in [1.54, 1.807) is 18.2 Å². The molecule has 2 nitrogen and oxygen atoms in total. The Morgan fingerprint density at radius 1 is 1.14 bits per heavy atom. The summed E-state index contributed by atoms with van der Waals surface area (Å²) >= 11 is 0. The summed E-state index contributed by atoms with van der Waals surface area (Å²) in [6, 6.07) is 20.4. The number of benzene rings is 2. The third-order valence-electron chi connectivity index (χ3n) is 4.93. The van der Waals surface area contributed by atoms with Crippen molar-refractivity contribution in [3.8, 4) is 17.3 Å². The number of allylic oxidation sites excluding steroid dienone is 1. The lowest BCUT2D eigenvalue weighted by atomic mass is 9.91. The molecule has 1 atom stereocenters. The molecular formula is C25H23FN2. The van der Waals surface area contributed by atoms with Gasteiger partial charge in [-0.15, -0.1) is 0 Å². The predicted molar refractivity (Wildman–Crippen MR) is 112 cm³/mol. The smallest absolute Gasteiger partial charge is 0.123 e. The summed E-state index contributed by atoms with van der Waals surface area (Å²) in [7, 11) is 0. The van der Waals surface area contributed by atoms with Crippen LogP contribution < -0.4 is 0 Å². The second kappa shape index (κ2) is 8.63. The molecule has 3 rings (SSSR count). The highest BCUT2D eigenvalue weighted by Gasteiger charge is 2.16. The zero-order valence-electron chi connectivity index (χ0n) is 16.2. The van der Waals surface area contributed by atoms with Crippen LogP contribution >= 0.6 is 0 Å². The Balaban J connectivity index is 1.93. The van der Waals surface area contributed by atoms with Gasteiger partial charge in [-0.25, -0.2) is 4.39 Å². The third-order valence-corrected chi connectivity index (χ3v) is 4.93. The molecule has 0 amide bonds. The maximum atomic E-state index is 13.4. The lowest BCUT2D eigenvalue weighted by molar-refractivity contribution is 0.619. The van der Waals surface area contributed by atoms with E-state index < -0.39 is 0 Å². The number of hydrogen-bond donors (Lipinski definition) is 0. The molecule has 0 spiro atoms. The number of aryl methyl sites for hydroxylation is 1. The molecule has 0 aliphatic heterocycles. The van der Waals surface area contributed by atoms with Gasteiger partial charge in [0.2, 0.25) is 0 Å². The van der Waals surface area contributed by atoms with Gasteiger partial charge < -0.3 is 0 Å². The van der Waals surface area contributed by atoms with Crippen molar-refractivity contribution in [1.82, 2.24) is 4.98 Å². The molecule has 0 radical (unpaired) electrons. The molecule has 0 aliphatic rings. The molecule has 0 saturated heterocycles. The van der Waals surface area contributed by atoms with Gasteiger partial charge in [0.15, 0.2) is 0 Å². The highest BCUT2D eigenvalue weighted by Crippen LogP contribution is 2.30. The van der Waals surface area contributed by atoms with Crippen LogP contribution in [0.1, 0.15) is 48.6 Å². The molecular weight excluding hydrogens is 347 g/mol. The van der Waals surface area contributed by atoms with Gasteiger partial charge in [0.1, 0.15) is 5.82 Å². The lowest BCUT2D eigenvalue weighted by Crippen LogP contribution is -2.05. The fourth-order valence-corrected chi connectivity index (χ4v) is 3.38. The van der Waals surface area contributed by atoms with Crippen LogP contribution in [0.25, 0.3) is 16.8 Å². The van der Waals surface area contributed by atoms with Gasteiger partial charge in [-0.3, -0.25) is 4.98 Å². The second-order valence-corrected chi connectivity index (χ2v) is 7.14. The van der Waals surface area contributed by atoms with E-state index in [4.69, 9.17) is 4.98 Å². The fourth-order valence-electron chi connectivity index (χ4n) is 3.38. The molecule has 1 aromatic heterocycles. The van der Waals surface area contributed by atoms with Crippen LogP contribution in [0, 0.1) is 17.1 Å². The van der Waals surface area contributed by atoms with Crippen molar-refractivity contribution >= 4 is 5.57 Å². The van der Waals surface area contributed by atoms with Gasteiger partial charge in [-0.2, -0.15) is 5.26 Å². The first-order valence-electron chi connectivity index (χ1n) is 9.40. The van der Waals surface area contributed by atoms with Crippen molar-refractivity contribution in [2.75, 3.05) is 0 Å². The van der Waals surface area contributed by atoms with Crippen LogP contribution in [0.2, 0.25) is 0 Å². The number of halogens is 1. The number of rotatable bonds is 6. The van der Waals surface area contributed by atoms with Crippen molar-refractivity contribution in [1.29, 1.82) is 5.26 Å². The average molecular weight is 370 g/mol. The van der Waals surface area contributed by atoms with Gasteiger partial charge >= 0.3 is 0 Å². The van der Waals surface area contributed by atoms with Gasteiger partial charge in [-0.05, 0) is 66.6 Å². The van der Waals surface area contributed by atoms with Crippen LogP contribution in [0.15, 0.2) is 67.2 Å². The maximum Gasteiger partial charge on any atom is 0.123 e. The Labute approximate surface area is 166 Å². The summed E-state index contributed by atoms with van der Waals surface area (Å²) < 4.78 is 13.4. The summed E-state index contributed by atoms with van der Waals surface area (Å²) in [6.45, 7) is 8.20. The summed E-state index contributed by atoms with van der Waals surface area (Å²) in [5.41, 5.74) is 6.16. The summed E-state index contributed by atoms with van der Waals surface area (Å²) in [5.74, 6) is -0.0369. The topological polar surface area (TPSA) is 36.7 Å². The van der Waals surface area contributed by atoms with Crippen LogP contribution in [0.4, 0.5) is 4.39 Å². The van der Waals surface area contributed by atoms with E-state index in [2.05, 4.69) is 19.6 Å². The van der Waals surface area contributed by atoms with E-state index >= 15 is 0 Å². The Morgan fingerprint density at radius 2 is 1.93 bits per heavy atom. The van der Waals surface area contributed by atoms with E-state index in [-0.39, 0.29) is 11.7 Å². The number of nitrogens with zero attached hydrogens (tertiary/aromatic N) is 2. The quantitative estimate of drug-likeness (QED) is 0.495. The molecule has 1 unspecified atom stereocenters. The fraction of sp³-hybridized carbons (Fsp3) is 0.200. The monoisotopic (exact) mass is 370 g/mol. The van der Waals surface area contributed by atoms with Crippen molar-refractivity contribution in [3.63, 3.8) is 0 Å². The zero-order valence-corrected chi connectivity index (χ0v) is 16.2. The van der Waals surface area contributed by atoms with Crippen molar-refractivity contribution in [3.05, 3.63) is 95.4 Å². The minimum atomic E-state index is -0.207. The minimum absolute atomic E-state index is 0.171. The van der Waals surface area contributed by atoms with Crippen molar-refractivity contribution in [2.45, 2.75) is 32.6 Å². The van der Waals surface area contributed by atoms with Gasteiger partial charge in [0, 0.05) is 5.56 Å². The number of pyridine rings is 1. The largest absolute Gasteiger partial charge is 0.252 e. The first-order chi connectivity index (χ1) is 13.5. The molecule has 3 aromatic rings. The van der Waals surface area contributed by atoms with E-state index in [0.717, 1.165) is 46.5 Å². The minimum Gasteiger partial charge on any atom is -0.252 e. The van der Waals surface area contributed by atoms with E-state index in [1.165, 1.54) is 6.07 Å². The van der Waals surface area contributed by atoms with Crippen molar-refractivity contribution in [2.24, 2.45) is 0 Å². The first kappa shape index (κ1) is 19.5. The summed E-state index contributed by atoms with van der Waals surface area (Å²) in [5, 5.41) is 9.41. The SMILES string of the molecule is C=C(C)c1ccc(-c2ccccc2C#N)nc1C(C)CCc1cccc(F)c1. The number of hydrogen-bond acceptors (Lipinski definition) is 2. The molecule has 140 valence electrons. The molecule has 28 heavy (non-hydrogen) atoms. The molecule has 3 heteroatoms. The Morgan fingerprint density at radius 3 is 2.64 bits per heavy atom. The molecule has 0 saturated carbocycles. The molecule has 0 fully saturated rings. The normalized spacial score (nSPS) is 11.6. The number of nitriles is 1. The van der Waals surface area contributed by atoms with Crippen LogP contribution in [0.5, 0.6) is 0 Å². The van der Waals surface area contributed by atoms with E-state index in [9.17, 15) is 9.65 Å². The van der Waals surface area contributed by atoms with Gasteiger partial charge in [0.25, 0.3) is 0 Å².